The first-order valence-corrected chi connectivity index (χ1v) is 10.6. The van der Waals surface area contributed by atoms with Crippen LogP contribution in [0.2, 0.25) is 0 Å². The molecule has 3 aromatic rings. The molecule has 0 aliphatic carbocycles. The number of benzene rings is 2. The summed E-state index contributed by atoms with van der Waals surface area (Å²) in [7, 11) is 1.78. The predicted molar refractivity (Wildman–Crippen MR) is 124 cm³/mol. The number of hydrogen-bond acceptors (Lipinski definition) is 3. The summed E-state index contributed by atoms with van der Waals surface area (Å²) in [6.07, 6.45) is 3.74. The van der Waals surface area contributed by atoms with Gasteiger partial charge in [-0.25, -0.2) is 0 Å². The van der Waals surface area contributed by atoms with E-state index in [-0.39, 0.29) is 5.56 Å². The van der Waals surface area contributed by atoms with Gasteiger partial charge < -0.3 is 19.9 Å². The fourth-order valence-electron chi connectivity index (χ4n) is 3.68. The standard InChI is InChI=1S/C25H28N4O2/c1-26-25(27-13-11-19-9-10-23-22(16-19)12-15-31-23)28-17-20-5-7-21(8-6-20)18-29-14-3-2-4-24(29)30/h2-10,14,16H,11-13,15,17-18H2,1H3,(H2,26,27,28). The molecular formula is C25H28N4O2. The van der Waals surface area contributed by atoms with E-state index >= 15 is 0 Å². The second kappa shape index (κ2) is 9.98. The van der Waals surface area contributed by atoms with E-state index in [9.17, 15) is 4.79 Å². The molecule has 0 unspecified atom stereocenters. The first-order chi connectivity index (χ1) is 15.2. The lowest BCUT2D eigenvalue weighted by molar-refractivity contribution is 0.357. The van der Waals surface area contributed by atoms with Crippen molar-refractivity contribution in [3.63, 3.8) is 0 Å². The Morgan fingerprint density at radius 2 is 1.84 bits per heavy atom. The summed E-state index contributed by atoms with van der Waals surface area (Å²) in [6, 6.07) is 19.9. The number of nitrogens with zero attached hydrogens (tertiary/aromatic N) is 2. The summed E-state index contributed by atoms with van der Waals surface area (Å²) in [4.78, 5) is 16.2. The molecule has 0 radical (unpaired) electrons. The number of fused-ring (bicyclic) bond motifs is 1. The molecule has 2 aromatic carbocycles. The Bertz CT molecular complexity index is 1100. The quantitative estimate of drug-likeness (QED) is 0.459. The lowest BCUT2D eigenvalue weighted by Crippen LogP contribution is -2.37. The number of pyridine rings is 1. The lowest BCUT2D eigenvalue weighted by Gasteiger charge is -2.13. The van der Waals surface area contributed by atoms with Gasteiger partial charge in [-0.1, -0.05) is 42.5 Å². The van der Waals surface area contributed by atoms with Crippen LogP contribution >= 0.6 is 0 Å². The molecule has 160 valence electrons. The number of ether oxygens (including phenoxy) is 1. The van der Waals surface area contributed by atoms with Gasteiger partial charge in [0.25, 0.3) is 5.56 Å². The van der Waals surface area contributed by atoms with E-state index in [0.717, 1.165) is 48.8 Å². The van der Waals surface area contributed by atoms with Crippen molar-refractivity contribution in [3.8, 4) is 5.75 Å². The van der Waals surface area contributed by atoms with E-state index in [1.165, 1.54) is 11.1 Å². The lowest BCUT2D eigenvalue weighted by atomic mass is 10.1. The van der Waals surface area contributed by atoms with Gasteiger partial charge in [0.1, 0.15) is 5.75 Å². The molecular weight excluding hydrogens is 388 g/mol. The molecule has 0 saturated carbocycles. The molecule has 6 nitrogen and oxygen atoms in total. The Kier molecular flexibility index (Phi) is 6.67. The number of rotatable bonds is 7. The van der Waals surface area contributed by atoms with Gasteiger partial charge in [0.05, 0.1) is 13.2 Å². The van der Waals surface area contributed by atoms with Crippen LogP contribution in [-0.4, -0.2) is 30.7 Å². The van der Waals surface area contributed by atoms with Crippen molar-refractivity contribution in [2.24, 2.45) is 4.99 Å². The molecule has 0 spiro atoms. The largest absolute Gasteiger partial charge is 0.493 e. The molecule has 0 bridgehead atoms. The smallest absolute Gasteiger partial charge is 0.250 e. The fraction of sp³-hybridized carbons (Fsp3) is 0.280. The zero-order chi connectivity index (χ0) is 21.5. The topological polar surface area (TPSA) is 67.7 Å². The number of nitrogens with one attached hydrogen (secondary N) is 2. The SMILES string of the molecule is CN=C(NCCc1ccc2c(c1)CCO2)NCc1ccc(Cn2ccccc2=O)cc1. The second-order valence-electron chi connectivity index (χ2n) is 7.63. The predicted octanol–water partition coefficient (Wildman–Crippen LogP) is 2.74. The van der Waals surface area contributed by atoms with Crippen LogP contribution in [0.25, 0.3) is 0 Å². The molecule has 0 amide bonds. The third kappa shape index (κ3) is 5.54. The average Bonchev–Trinajstić information content (AvgIpc) is 3.26. The molecule has 1 aliphatic rings. The van der Waals surface area contributed by atoms with E-state index in [4.69, 9.17) is 4.74 Å². The first-order valence-electron chi connectivity index (χ1n) is 10.6. The summed E-state index contributed by atoms with van der Waals surface area (Å²) in [5, 5.41) is 6.73. The molecule has 1 aromatic heterocycles. The van der Waals surface area contributed by atoms with Crippen LogP contribution < -0.4 is 20.9 Å². The first kappa shape index (κ1) is 20.7. The van der Waals surface area contributed by atoms with Gasteiger partial charge in [-0.3, -0.25) is 9.79 Å². The minimum Gasteiger partial charge on any atom is -0.493 e. The van der Waals surface area contributed by atoms with Crippen molar-refractivity contribution in [1.29, 1.82) is 0 Å². The molecule has 0 atom stereocenters. The molecule has 0 fully saturated rings. The highest BCUT2D eigenvalue weighted by molar-refractivity contribution is 5.79. The maximum absolute atomic E-state index is 11.9. The van der Waals surface area contributed by atoms with Crippen LogP contribution in [0.3, 0.4) is 0 Å². The van der Waals surface area contributed by atoms with E-state index < -0.39 is 0 Å². The van der Waals surface area contributed by atoms with Crippen LogP contribution in [0.4, 0.5) is 0 Å². The van der Waals surface area contributed by atoms with Gasteiger partial charge in [0.15, 0.2) is 5.96 Å². The van der Waals surface area contributed by atoms with E-state index in [2.05, 4.69) is 58.1 Å². The van der Waals surface area contributed by atoms with Crippen LogP contribution in [0, 0.1) is 0 Å². The number of hydrogen-bond donors (Lipinski definition) is 2. The zero-order valence-corrected chi connectivity index (χ0v) is 17.8. The Balaban J connectivity index is 1.24. The van der Waals surface area contributed by atoms with Gasteiger partial charge >= 0.3 is 0 Å². The molecule has 1 aliphatic heterocycles. The van der Waals surface area contributed by atoms with Gasteiger partial charge in [0, 0.05) is 38.8 Å². The molecule has 6 heteroatoms. The summed E-state index contributed by atoms with van der Waals surface area (Å²) >= 11 is 0. The Morgan fingerprint density at radius 1 is 1.03 bits per heavy atom. The summed E-state index contributed by atoms with van der Waals surface area (Å²) < 4.78 is 7.27. The fourth-order valence-corrected chi connectivity index (χ4v) is 3.68. The van der Waals surface area contributed by atoms with E-state index in [1.807, 2.05) is 12.3 Å². The molecule has 0 saturated heterocycles. The van der Waals surface area contributed by atoms with Gasteiger partial charge in [-0.05, 0) is 40.8 Å². The van der Waals surface area contributed by atoms with Crippen LogP contribution in [0.5, 0.6) is 5.75 Å². The zero-order valence-electron chi connectivity index (χ0n) is 17.8. The summed E-state index contributed by atoms with van der Waals surface area (Å²) in [5.74, 6) is 1.81. The molecule has 4 rings (SSSR count). The number of aliphatic imine (C=N–C) groups is 1. The van der Waals surface area contributed by atoms with Gasteiger partial charge in [-0.2, -0.15) is 0 Å². The van der Waals surface area contributed by atoms with Crippen molar-refractivity contribution in [2.75, 3.05) is 20.2 Å². The molecule has 2 N–H and O–H groups in total. The van der Waals surface area contributed by atoms with Crippen molar-refractivity contribution in [3.05, 3.63) is 99.5 Å². The van der Waals surface area contributed by atoms with Crippen molar-refractivity contribution in [2.45, 2.75) is 25.9 Å². The third-order valence-electron chi connectivity index (χ3n) is 5.42. The minimum absolute atomic E-state index is 0.0105. The van der Waals surface area contributed by atoms with Gasteiger partial charge in [0.2, 0.25) is 0 Å². The number of aromatic nitrogens is 1. The van der Waals surface area contributed by atoms with Crippen LogP contribution in [0.1, 0.15) is 22.3 Å². The Labute approximate surface area is 182 Å². The molecule has 31 heavy (non-hydrogen) atoms. The third-order valence-corrected chi connectivity index (χ3v) is 5.42. The Morgan fingerprint density at radius 3 is 2.65 bits per heavy atom. The van der Waals surface area contributed by atoms with Crippen LogP contribution in [-0.2, 0) is 25.9 Å². The number of guanidine groups is 1. The Hall–Kier alpha value is -3.54. The van der Waals surface area contributed by atoms with Crippen molar-refractivity contribution < 1.29 is 4.74 Å². The van der Waals surface area contributed by atoms with Crippen molar-refractivity contribution >= 4 is 5.96 Å². The average molecular weight is 417 g/mol. The van der Waals surface area contributed by atoms with E-state index in [0.29, 0.717) is 13.1 Å². The highest BCUT2D eigenvalue weighted by atomic mass is 16.5. The maximum Gasteiger partial charge on any atom is 0.250 e. The minimum atomic E-state index is 0.0105. The summed E-state index contributed by atoms with van der Waals surface area (Å²) in [5.41, 5.74) is 4.88. The van der Waals surface area contributed by atoms with Gasteiger partial charge in [-0.15, -0.1) is 0 Å². The molecule has 2 heterocycles. The second-order valence-corrected chi connectivity index (χ2v) is 7.63. The van der Waals surface area contributed by atoms with E-state index in [1.54, 1.807) is 23.7 Å². The normalized spacial score (nSPS) is 12.9. The summed E-state index contributed by atoms with van der Waals surface area (Å²) in [6.45, 7) is 2.86. The van der Waals surface area contributed by atoms with Crippen molar-refractivity contribution in [1.82, 2.24) is 15.2 Å². The maximum atomic E-state index is 11.9. The highest BCUT2D eigenvalue weighted by Crippen LogP contribution is 2.25. The van der Waals surface area contributed by atoms with Crippen LogP contribution in [0.15, 0.2) is 76.6 Å². The highest BCUT2D eigenvalue weighted by Gasteiger charge is 2.11. The monoisotopic (exact) mass is 416 g/mol.